The van der Waals surface area contributed by atoms with Crippen molar-refractivity contribution < 1.29 is 14.3 Å². The van der Waals surface area contributed by atoms with E-state index < -0.39 is 5.91 Å². The molecule has 28 heavy (non-hydrogen) atoms. The highest BCUT2D eigenvalue weighted by atomic mass is 32.1. The summed E-state index contributed by atoms with van der Waals surface area (Å²) in [6, 6.07) is 14.1. The van der Waals surface area contributed by atoms with E-state index in [1.807, 2.05) is 12.1 Å². The summed E-state index contributed by atoms with van der Waals surface area (Å²) in [6.07, 6.45) is 1.59. The molecule has 0 saturated heterocycles. The number of hydrazine groups is 1. The fraction of sp³-hybridized carbons (Fsp3) is 0.190. The first-order valence-electron chi connectivity index (χ1n) is 8.76. The van der Waals surface area contributed by atoms with E-state index in [9.17, 15) is 9.59 Å². The maximum absolute atomic E-state index is 12.3. The number of thiocarbonyl (C=S) groups is 1. The maximum atomic E-state index is 12.3. The van der Waals surface area contributed by atoms with Crippen LogP contribution in [0.5, 0.6) is 5.75 Å². The van der Waals surface area contributed by atoms with Gasteiger partial charge >= 0.3 is 0 Å². The second kappa shape index (κ2) is 10.2. The second-order valence-electron chi connectivity index (χ2n) is 6.23. The molecular weight excluding hydrogens is 374 g/mol. The highest BCUT2D eigenvalue weighted by molar-refractivity contribution is 7.80. The fourth-order valence-electron chi connectivity index (χ4n) is 2.34. The first-order valence-corrected chi connectivity index (χ1v) is 9.17. The summed E-state index contributed by atoms with van der Waals surface area (Å²) >= 11 is 5.07. The smallest absolute Gasteiger partial charge is 0.273 e. The van der Waals surface area contributed by atoms with Crippen LogP contribution in [0.3, 0.4) is 0 Å². The number of nitrogens with one attached hydrogen (secondary N) is 3. The Morgan fingerprint density at radius 2 is 1.75 bits per heavy atom. The number of hydrogen-bond acceptors (Lipinski definition) is 4. The third-order valence-electron chi connectivity index (χ3n) is 3.84. The molecule has 0 aliphatic heterocycles. The summed E-state index contributed by atoms with van der Waals surface area (Å²) in [5.74, 6) is -0.00961. The number of rotatable bonds is 6. The van der Waals surface area contributed by atoms with E-state index in [1.54, 1.807) is 42.5 Å². The molecule has 0 heterocycles. The number of benzene rings is 2. The number of amides is 2. The molecule has 0 atom stereocenters. The van der Waals surface area contributed by atoms with Crippen molar-refractivity contribution in [2.75, 3.05) is 6.61 Å². The van der Waals surface area contributed by atoms with Gasteiger partial charge in [0.05, 0.1) is 5.56 Å². The van der Waals surface area contributed by atoms with Gasteiger partial charge in [-0.05, 0) is 48.0 Å². The van der Waals surface area contributed by atoms with Crippen LogP contribution >= 0.6 is 12.2 Å². The van der Waals surface area contributed by atoms with Gasteiger partial charge < -0.3 is 4.74 Å². The van der Waals surface area contributed by atoms with Crippen molar-refractivity contribution in [2.45, 2.75) is 19.8 Å². The average molecular weight is 398 g/mol. The van der Waals surface area contributed by atoms with Crippen molar-refractivity contribution in [3.63, 3.8) is 0 Å². The van der Waals surface area contributed by atoms with Gasteiger partial charge in [-0.15, -0.1) is 0 Å². The second-order valence-corrected chi connectivity index (χ2v) is 6.64. The summed E-state index contributed by atoms with van der Waals surface area (Å²) in [5.41, 5.74) is 6.91. The number of para-hydroxylation sites is 1. The fourth-order valence-corrected chi connectivity index (χ4v) is 2.48. The third-order valence-corrected chi connectivity index (χ3v) is 4.05. The van der Waals surface area contributed by atoms with E-state index >= 15 is 0 Å². The van der Waals surface area contributed by atoms with Gasteiger partial charge in [0.25, 0.3) is 11.8 Å². The minimum absolute atomic E-state index is 0.0178. The molecule has 0 saturated carbocycles. The largest absolute Gasteiger partial charge is 0.489 e. The van der Waals surface area contributed by atoms with Gasteiger partial charge in [0.15, 0.2) is 5.11 Å². The van der Waals surface area contributed by atoms with Crippen LogP contribution in [-0.2, 0) is 0 Å². The normalized spacial score (nSPS) is 10.1. The molecule has 0 radical (unpaired) electrons. The van der Waals surface area contributed by atoms with E-state index in [0.29, 0.717) is 22.8 Å². The van der Waals surface area contributed by atoms with Gasteiger partial charge in [-0.25, -0.2) is 0 Å². The van der Waals surface area contributed by atoms with Crippen molar-refractivity contribution in [1.82, 2.24) is 16.2 Å². The molecule has 0 aliphatic rings. The number of ether oxygens (including phenoxy) is 1. The van der Waals surface area contributed by atoms with Gasteiger partial charge in [0.2, 0.25) is 0 Å². The summed E-state index contributed by atoms with van der Waals surface area (Å²) in [6.45, 7) is 8.02. The molecule has 2 rings (SSSR count). The zero-order valence-corrected chi connectivity index (χ0v) is 16.6. The number of hydrogen-bond donors (Lipinski definition) is 3. The van der Waals surface area contributed by atoms with Crippen molar-refractivity contribution in [3.05, 3.63) is 77.9 Å². The lowest BCUT2D eigenvalue weighted by molar-refractivity contribution is 0.0931. The molecular formula is C21H23N3O3S. The summed E-state index contributed by atoms with van der Waals surface area (Å²) in [4.78, 5) is 24.6. The maximum Gasteiger partial charge on any atom is 0.273 e. The van der Waals surface area contributed by atoms with Gasteiger partial charge in [0.1, 0.15) is 12.4 Å². The lowest BCUT2D eigenvalue weighted by Crippen LogP contribution is -2.48. The van der Waals surface area contributed by atoms with E-state index in [1.165, 1.54) is 0 Å². The molecule has 2 amide bonds. The Morgan fingerprint density at radius 1 is 1.07 bits per heavy atom. The van der Waals surface area contributed by atoms with Gasteiger partial charge in [-0.1, -0.05) is 50.8 Å². The first kappa shape index (κ1) is 21.1. The molecule has 7 heteroatoms. The molecule has 2 aromatic carbocycles. The summed E-state index contributed by atoms with van der Waals surface area (Å²) in [7, 11) is 0. The molecule has 0 aromatic heterocycles. The highest BCUT2D eigenvalue weighted by Gasteiger charge is 2.13. The zero-order valence-electron chi connectivity index (χ0n) is 15.8. The number of carbonyl (C=O) groups excluding carboxylic acids is 2. The van der Waals surface area contributed by atoms with Crippen LogP contribution in [0, 0.1) is 0 Å². The Kier molecular flexibility index (Phi) is 7.71. The highest BCUT2D eigenvalue weighted by Crippen LogP contribution is 2.17. The van der Waals surface area contributed by atoms with Crippen molar-refractivity contribution in [1.29, 1.82) is 0 Å². The van der Waals surface area contributed by atoms with Crippen LogP contribution in [0.4, 0.5) is 0 Å². The molecule has 6 nitrogen and oxygen atoms in total. The Morgan fingerprint density at radius 3 is 2.39 bits per heavy atom. The van der Waals surface area contributed by atoms with Crippen LogP contribution < -0.4 is 20.9 Å². The Labute approximate surface area is 169 Å². The van der Waals surface area contributed by atoms with Crippen LogP contribution in [0.2, 0.25) is 0 Å². The van der Waals surface area contributed by atoms with Gasteiger partial charge in [-0.3, -0.25) is 25.8 Å². The molecule has 0 fully saturated rings. The third kappa shape index (κ3) is 5.92. The molecule has 0 spiro atoms. The summed E-state index contributed by atoms with van der Waals surface area (Å²) < 4.78 is 5.45. The van der Waals surface area contributed by atoms with E-state index in [0.717, 1.165) is 5.56 Å². The average Bonchev–Trinajstić information content (AvgIpc) is 2.70. The van der Waals surface area contributed by atoms with E-state index in [4.69, 9.17) is 17.0 Å². The van der Waals surface area contributed by atoms with E-state index in [2.05, 4.69) is 36.6 Å². The summed E-state index contributed by atoms with van der Waals surface area (Å²) in [5, 5.41) is 2.50. The quantitative estimate of drug-likeness (QED) is 0.396. The monoisotopic (exact) mass is 397 g/mol. The molecule has 0 aliphatic carbocycles. The van der Waals surface area contributed by atoms with Crippen molar-refractivity contribution in [3.8, 4) is 5.75 Å². The predicted octanol–water partition coefficient (Wildman–Crippen LogP) is 3.32. The Bertz CT molecular complexity index is 863. The minimum atomic E-state index is -0.447. The molecule has 0 unspecified atom stereocenters. The lowest BCUT2D eigenvalue weighted by Gasteiger charge is -2.13. The first-order chi connectivity index (χ1) is 13.4. The van der Waals surface area contributed by atoms with Gasteiger partial charge in [-0.2, -0.15) is 0 Å². The number of carbonyl (C=O) groups is 2. The Hall–Kier alpha value is -3.19. The molecule has 3 N–H and O–H groups in total. The molecule has 146 valence electrons. The van der Waals surface area contributed by atoms with Gasteiger partial charge in [0, 0.05) is 5.56 Å². The van der Waals surface area contributed by atoms with Crippen LogP contribution in [0.25, 0.3) is 0 Å². The standard InChI is InChI=1S/C21H23N3O3S/c1-4-13-27-18-8-6-5-7-17(18)20(26)23-24-21(28)22-19(25)16-11-9-15(10-12-16)14(2)3/h4-12,14H,1,13H2,2-3H3,(H,23,26)(H2,22,24,25,28). The zero-order chi connectivity index (χ0) is 20.5. The van der Waals surface area contributed by atoms with Crippen molar-refractivity contribution in [2.24, 2.45) is 0 Å². The predicted molar refractivity (Wildman–Crippen MR) is 113 cm³/mol. The minimum Gasteiger partial charge on any atom is -0.489 e. The SMILES string of the molecule is C=CCOc1ccccc1C(=O)NNC(=S)NC(=O)c1ccc(C(C)C)cc1. The van der Waals surface area contributed by atoms with Crippen LogP contribution in [0.1, 0.15) is 46.0 Å². The molecule has 0 bridgehead atoms. The van der Waals surface area contributed by atoms with Crippen LogP contribution in [-0.4, -0.2) is 23.5 Å². The van der Waals surface area contributed by atoms with Crippen LogP contribution in [0.15, 0.2) is 61.2 Å². The lowest BCUT2D eigenvalue weighted by atomic mass is 10.0. The topological polar surface area (TPSA) is 79.5 Å². The van der Waals surface area contributed by atoms with E-state index in [-0.39, 0.29) is 17.6 Å². The Balaban J connectivity index is 1.90. The molecule has 2 aromatic rings. The van der Waals surface area contributed by atoms with Crippen molar-refractivity contribution >= 4 is 29.1 Å².